The number of ether oxygens (including phenoxy) is 2. The molecule has 3 N–H and O–H groups in total. The van der Waals surface area contributed by atoms with Crippen LogP contribution in [-0.2, 0) is 19.1 Å². The lowest BCUT2D eigenvalue weighted by Crippen LogP contribution is -2.41. The molecule has 0 atom stereocenters. The Morgan fingerprint density at radius 1 is 1.19 bits per heavy atom. The van der Waals surface area contributed by atoms with Gasteiger partial charge in [-0.2, -0.15) is 0 Å². The van der Waals surface area contributed by atoms with Crippen LogP contribution in [-0.4, -0.2) is 50.6 Å². The molecule has 0 aliphatic carbocycles. The van der Waals surface area contributed by atoms with Gasteiger partial charge in [-0.25, -0.2) is 15.1 Å². The molecular formula is C12H22N4O5. The molecule has 9 heteroatoms. The van der Waals surface area contributed by atoms with Gasteiger partial charge in [-0.05, 0) is 26.7 Å². The average Bonchev–Trinajstić information content (AvgIpc) is 2.43. The van der Waals surface area contributed by atoms with E-state index in [2.05, 4.69) is 20.6 Å². The summed E-state index contributed by atoms with van der Waals surface area (Å²) in [6.45, 7) is 4.13. The Bertz CT molecular complexity index is 384. The number of hydroxylamine groups is 1. The minimum atomic E-state index is -0.653. The van der Waals surface area contributed by atoms with Crippen molar-refractivity contribution in [1.29, 1.82) is 5.41 Å². The summed E-state index contributed by atoms with van der Waals surface area (Å²) in [6, 6.07) is 0. The predicted octanol–water partition coefficient (Wildman–Crippen LogP) is 0.603. The predicted molar refractivity (Wildman–Crippen MR) is 76.2 cm³/mol. The van der Waals surface area contributed by atoms with E-state index in [-0.39, 0.29) is 31.3 Å². The van der Waals surface area contributed by atoms with Gasteiger partial charge in [-0.1, -0.05) is 0 Å². The SMILES string of the molecule is CCOC(=O)NC(=NCCCC(=N)C(=O)OCC)NOC. The van der Waals surface area contributed by atoms with Crippen molar-refractivity contribution >= 4 is 23.7 Å². The maximum absolute atomic E-state index is 11.2. The van der Waals surface area contributed by atoms with Gasteiger partial charge in [0.1, 0.15) is 5.71 Å². The Labute approximate surface area is 123 Å². The maximum Gasteiger partial charge on any atom is 0.413 e. The number of hydrogen-bond acceptors (Lipinski definition) is 7. The van der Waals surface area contributed by atoms with Crippen LogP contribution < -0.4 is 10.8 Å². The van der Waals surface area contributed by atoms with E-state index < -0.39 is 12.1 Å². The second-order valence-electron chi connectivity index (χ2n) is 3.68. The van der Waals surface area contributed by atoms with Gasteiger partial charge >= 0.3 is 12.1 Å². The molecule has 0 aromatic carbocycles. The van der Waals surface area contributed by atoms with E-state index in [4.69, 9.17) is 14.9 Å². The van der Waals surface area contributed by atoms with E-state index in [9.17, 15) is 9.59 Å². The van der Waals surface area contributed by atoms with E-state index in [0.29, 0.717) is 13.0 Å². The highest BCUT2D eigenvalue weighted by molar-refractivity contribution is 6.35. The minimum absolute atomic E-state index is 0.0959. The van der Waals surface area contributed by atoms with E-state index in [1.165, 1.54) is 7.11 Å². The molecule has 0 heterocycles. The number of amides is 1. The minimum Gasteiger partial charge on any atom is -0.462 e. The summed E-state index contributed by atoms with van der Waals surface area (Å²) in [7, 11) is 1.37. The summed E-state index contributed by atoms with van der Waals surface area (Å²) in [4.78, 5) is 31.1. The van der Waals surface area contributed by atoms with Gasteiger partial charge in [-0.15, -0.1) is 0 Å². The summed E-state index contributed by atoms with van der Waals surface area (Å²) in [5.74, 6) is -0.528. The molecule has 9 nitrogen and oxygen atoms in total. The number of carbonyl (C=O) groups excluding carboxylic acids is 2. The van der Waals surface area contributed by atoms with Crippen LogP contribution in [0.5, 0.6) is 0 Å². The van der Waals surface area contributed by atoms with Gasteiger partial charge in [0, 0.05) is 6.54 Å². The topological polar surface area (TPSA) is 122 Å². The van der Waals surface area contributed by atoms with Crippen molar-refractivity contribution in [2.45, 2.75) is 26.7 Å². The van der Waals surface area contributed by atoms with Crippen molar-refractivity contribution in [3.63, 3.8) is 0 Å². The lowest BCUT2D eigenvalue weighted by Gasteiger charge is -2.09. The summed E-state index contributed by atoms with van der Waals surface area (Å²) in [5.41, 5.74) is 2.29. The monoisotopic (exact) mass is 302 g/mol. The Hall–Kier alpha value is -2.16. The fourth-order valence-electron chi connectivity index (χ4n) is 1.22. The van der Waals surface area contributed by atoms with E-state index >= 15 is 0 Å². The molecule has 0 bridgehead atoms. The lowest BCUT2D eigenvalue weighted by molar-refractivity contribution is -0.135. The van der Waals surface area contributed by atoms with E-state index in [1.807, 2.05) is 0 Å². The highest BCUT2D eigenvalue weighted by atomic mass is 16.6. The first-order chi connectivity index (χ1) is 10.0. The van der Waals surface area contributed by atoms with Crippen LogP contribution in [0.15, 0.2) is 4.99 Å². The van der Waals surface area contributed by atoms with Crippen molar-refractivity contribution in [3.05, 3.63) is 0 Å². The van der Waals surface area contributed by atoms with E-state index in [1.54, 1.807) is 13.8 Å². The number of alkyl carbamates (subject to hydrolysis) is 1. The second-order valence-corrected chi connectivity index (χ2v) is 3.68. The third kappa shape index (κ3) is 9.38. The van der Waals surface area contributed by atoms with Gasteiger partial charge in [0.2, 0.25) is 5.96 Å². The maximum atomic E-state index is 11.2. The Balaban J connectivity index is 4.17. The smallest absolute Gasteiger partial charge is 0.413 e. The van der Waals surface area contributed by atoms with Crippen LogP contribution >= 0.6 is 0 Å². The number of guanidine groups is 1. The molecule has 0 unspecified atom stereocenters. The van der Waals surface area contributed by atoms with Crippen LogP contribution in [0.2, 0.25) is 0 Å². The fourth-order valence-corrected chi connectivity index (χ4v) is 1.22. The van der Waals surface area contributed by atoms with Crippen molar-refractivity contribution in [2.24, 2.45) is 4.99 Å². The Kier molecular flexibility index (Phi) is 10.5. The van der Waals surface area contributed by atoms with Crippen LogP contribution in [0.4, 0.5) is 4.79 Å². The lowest BCUT2D eigenvalue weighted by atomic mass is 10.2. The first-order valence-corrected chi connectivity index (χ1v) is 6.56. The average molecular weight is 302 g/mol. The molecule has 0 aliphatic rings. The molecule has 0 aromatic rings. The van der Waals surface area contributed by atoms with Crippen LogP contribution in [0.1, 0.15) is 26.7 Å². The zero-order chi connectivity index (χ0) is 16.1. The quantitative estimate of drug-likeness (QED) is 0.198. The molecule has 0 saturated heterocycles. The summed E-state index contributed by atoms with van der Waals surface area (Å²) in [6.07, 6.45) is 0.0408. The third-order valence-electron chi connectivity index (χ3n) is 2.07. The van der Waals surface area contributed by atoms with Gasteiger partial charge in [0.25, 0.3) is 0 Å². The number of nitrogens with one attached hydrogen (secondary N) is 3. The number of hydrogen-bond donors (Lipinski definition) is 3. The van der Waals surface area contributed by atoms with E-state index in [0.717, 1.165) is 0 Å². The molecule has 120 valence electrons. The molecule has 0 spiro atoms. The van der Waals surface area contributed by atoms with Gasteiger partial charge in [0.15, 0.2) is 0 Å². The number of nitrogens with zero attached hydrogens (tertiary/aromatic N) is 1. The molecule has 1 amide bonds. The highest BCUT2D eigenvalue weighted by Gasteiger charge is 2.10. The molecule has 0 fully saturated rings. The molecule has 21 heavy (non-hydrogen) atoms. The first kappa shape index (κ1) is 18.8. The second kappa shape index (κ2) is 11.6. The molecular weight excluding hydrogens is 280 g/mol. The molecule has 0 rings (SSSR count). The van der Waals surface area contributed by atoms with Crippen LogP contribution in [0, 0.1) is 5.41 Å². The zero-order valence-electron chi connectivity index (χ0n) is 12.5. The van der Waals surface area contributed by atoms with Crippen molar-refractivity contribution in [1.82, 2.24) is 10.8 Å². The largest absolute Gasteiger partial charge is 0.462 e. The third-order valence-corrected chi connectivity index (χ3v) is 2.07. The highest BCUT2D eigenvalue weighted by Crippen LogP contribution is 1.95. The normalized spacial score (nSPS) is 10.7. The number of aliphatic imine (C=N–C) groups is 1. The molecule has 0 aromatic heterocycles. The van der Waals surface area contributed by atoms with Gasteiger partial charge in [-0.3, -0.25) is 20.6 Å². The number of rotatable bonds is 8. The fraction of sp³-hybridized carbons (Fsp3) is 0.667. The van der Waals surface area contributed by atoms with Crippen LogP contribution in [0.25, 0.3) is 0 Å². The van der Waals surface area contributed by atoms with Crippen molar-refractivity contribution in [2.75, 3.05) is 26.9 Å². The molecule has 0 saturated carbocycles. The van der Waals surface area contributed by atoms with Gasteiger partial charge < -0.3 is 9.47 Å². The number of carbonyl (C=O) groups is 2. The van der Waals surface area contributed by atoms with Crippen molar-refractivity contribution in [3.8, 4) is 0 Å². The van der Waals surface area contributed by atoms with Gasteiger partial charge in [0.05, 0.1) is 20.3 Å². The Morgan fingerprint density at radius 3 is 2.43 bits per heavy atom. The number of esters is 1. The molecule has 0 aliphatic heterocycles. The zero-order valence-corrected chi connectivity index (χ0v) is 12.5. The summed E-state index contributed by atoms with van der Waals surface area (Å²) >= 11 is 0. The Morgan fingerprint density at radius 2 is 1.86 bits per heavy atom. The first-order valence-electron chi connectivity index (χ1n) is 6.56. The molecule has 0 radical (unpaired) electrons. The standard InChI is InChI=1S/C12H22N4O5/c1-4-20-10(17)9(13)7-6-8-14-11(16-19-3)15-12(18)21-5-2/h13H,4-8H2,1-3H3,(H2,14,15,16,18). The summed E-state index contributed by atoms with van der Waals surface area (Å²) in [5, 5.41) is 9.84. The van der Waals surface area contributed by atoms with Crippen LogP contribution in [0.3, 0.4) is 0 Å². The van der Waals surface area contributed by atoms with Crippen molar-refractivity contribution < 1.29 is 23.9 Å². The summed E-state index contributed by atoms with van der Waals surface area (Å²) < 4.78 is 9.39.